The molecular formula is C18H25N3O3S. The van der Waals surface area contributed by atoms with Crippen molar-refractivity contribution >= 4 is 21.8 Å². The molecule has 2 atom stereocenters. The normalized spacial score (nSPS) is 24.4. The minimum absolute atomic E-state index is 0.00858. The van der Waals surface area contributed by atoms with Gasteiger partial charge in [0, 0.05) is 25.7 Å². The molecule has 1 heterocycles. The number of nitrogens with zero attached hydrogens (tertiary/aromatic N) is 3. The van der Waals surface area contributed by atoms with Gasteiger partial charge in [-0.15, -0.1) is 4.40 Å². The van der Waals surface area contributed by atoms with E-state index in [1.54, 1.807) is 36.2 Å². The molecule has 0 saturated heterocycles. The fourth-order valence-electron chi connectivity index (χ4n) is 3.81. The average Bonchev–Trinajstić information content (AvgIpc) is 2.86. The third-order valence-electron chi connectivity index (χ3n) is 5.30. The molecule has 0 bridgehead atoms. The first-order valence-corrected chi connectivity index (χ1v) is 10.2. The molecule has 0 aromatic heterocycles. The first-order valence-electron chi connectivity index (χ1n) is 8.72. The van der Waals surface area contributed by atoms with Crippen molar-refractivity contribution in [3.8, 4) is 0 Å². The van der Waals surface area contributed by atoms with Crippen LogP contribution in [0.3, 0.4) is 0 Å². The molecule has 1 amide bonds. The smallest absolute Gasteiger partial charge is 0.285 e. The van der Waals surface area contributed by atoms with Crippen LogP contribution in [0.2, 0.25) is 0 Å². The van der Waals surface area contributed by atoms with Gasteiger partial charge < -0.3 is 9.80 Å². The van der Waals surface area contributed by atoms with Crippen LogP contribution >= 0.6 is 0 Å². The van der Waals surface area contributed by atoms with Crippen molar-refractivity contribution in [1.82, 2.24) is 9.80 Å². The monoisotopic (exact) mass is 363 g/mol. The number of carbonyl (C=O) groups is 1. The van der Waals surface area contributed by atoms with Crippen molar-refractivity contribution < 1.29 is 13.2 Å². The molecule has 0 N–H and O–H groups in total. The Morgan fingerprint density at radius 3 is 2.60 bits per heavy atom. The number of rotatable bonds is 3. The predicted molar refractivity (Wildman–Crippen MR) is 97.0 cm³/mol. The first kappa shape index (κ1) is 17.9. The number of amidine groups is 1. The van der Waals surface area contributed by atoms with Crippen LogP contribution in [0, 0.1) is 5.92 Å². The van der Waals surface area contributed by atoms with E-state index < -0.39 is 10.0 Å². The van der Waals surface area contributed by atoms with Crippen molar-refractivity contribution in [3.05, 3.63) is 29.8 Å². The Balaban J connectivity index is 1.74. The zero-order valence-electron chi connectivity index (χ0n) is 15.0. The second-order valence-electron chi connectivity index (χ2n) is 7.08. The summed E-state index contributed by atoms with van der Waals surface area (Å²) in [5.41, 5.74) is 0.562. The number of hydrogen-bond acceptors (Lipinski definition) is 4. The molecular weight excluding hydrogens is 338 g/mol. The van der Waals surface area contributed by atoms with E-state index in [1.165, 1.54) is 6.42 Å². The lowest BCUT2D eigenvalue weighted by Gasteiger charge is -2.37. The van der Waals surface area contributed by atoms with Crippen LogP contribution in [-0.2, 0) is 14.8 Å². The van der Waals surface area contributed by atoms with Crippen LogP contribution in [0.25, 0.3) is 0 Å². The van der Waals surface area contributed by atoms with Crippen LogP contribution < -0.4 is 0 Å². The predicted octanol–water partition coefficient (Wildman–Crippen LogP) is 2.10. The number of hydrogen-bond donors (Lipinski definition) is 0. The maximum atomic E-state index is 12.7. The fourth-order valence-corrected chi connectivity index (χ4v) is 5.06. The molecule has 0 radical (unpaired) electrons. The number of fused-ring (bicyclic) bond motifs is 1. The SMILES string of the molecule is CC1CCCCC1N(C)C(=O)CN(C)C1=NS(=O)(=O)c2ccccc21. The summed E-state index contributed by atoms with van der Waals surface area (Å²) in [4.78, 5) is 16.4. The summed E-state index contributed by atoms with van der Waals surface area (Å²) in [6.07, 6.45) is 4.56. The maximum Gasteiger partial charge on any atom is 0.285 e. The second-order valence-corrected chi connectivity index (χ2v) is 8.65. The molecule has 6 nitrogen and oxygen atoms in total. The number of carbonyl (C=O) groups excluding carboxylic acids is 1. The molecule has 25 heavy (non-hydrogen) atoms. The highest BCUT2D eigenvalue weighted by Gasteiger charge is 2.33. The molecule has 1 fully saturated rings. The van der Waals surface area contributed by atoms with Gasteiger partial charge in [-0.05, 0) is 30.9 Å². The zero-order chi connectivity index (χ0) is 18.2. The molecule has 136 valence electrons. The summed E-state index contributed by atoms with van der Waals surface area (Å²) < 4.78 is 28.2. The Labute approximate surface area is 149 Å². The molecule has 2 unspecified atom stereocenters. The molecule has 7 heteroatoms. The zero-order valence-corrected chi connectivity index (χ0v) is 15.8. The van der Waals surface area contributed by atoms with Crippen LogP contribution in [0.15, 0.2) is 33.6 Å². The number of likely N-dealkylation sites (N-methyl/N-ethyl adjacent to an activating group) is 2. The number of amides is 1. The van der Waals surface area contributed by atoms with Gasteiger partial charge in [-0.3, -0.25) is 4.79 Å². The lowest BCUT2D eigenvalue weighted by molar-refractivity contribution is -0.133. The van der Waals surface area contributed by atoms with Crippen LogP contribution in [0.5, 0.6) is 0 Å². The molecule has 0 spiro atoms. The fraction of sp³-hybridized carbons (Fsp3) is 0.556. The summed E-state index contributed by atoms with van der Waals surface area (Å²) in [7, 11) is -0.0979. The molecule has 1 aromatic rings. The van der Waals surface area contributed by atoms with E-state index in [0.29, 0.717) is 17.3 Å². The first-order chi connectivity index (χ1) is 11.8. The molecule has 1 aromatic carbocycles. The van der Waals surface area contributed by atoms with Crippen LogP contribution in [0.4, 0.5) is 0 Å². The van der Waals surface area contributed by atoms with Gasteiger partial charge in [0.2, 0.25) is 5.91 Å². The molecule has 3 rings (SSSR count). The van der Waals surface area contributed by atoms with E-state index in [4.69, 9.17) is 0 Å². The van der Waals surface area contributed by atoms with Gasteiger partial charge in [0.1, 0.15) is 4.90 Å². The van der Waals surface area contributed by atoms with Crippen molar-refractivity contribution in [1.29, 1.82) is 0 Å². The minimum atomic E-state index is -3.66. The summed E-state index contributed by atoms with van der Waals surface area (Å²) >= 11 is 0. The molecule has 2 aliphatic rings. The molecule has 1 saturated carbocycles. The van der Waals surface area contributed by atoms with Gasteiger partial charge in [-0.1, -0.05) is 31.9 Å². The average molecular weight is 363 g/mol. The van der Waals surface area contributed by atoms with Crippen LogP contribution in [0.1, 0.15) is 38.2 Å². The van der Waals surface area contributed by atoms with Gasteiger partial charge in [0.15, 0.2) is 5.84 Å². The lowest BCUT2D eigenvalue weighted by Crippen LogP contribution is -2.47. The Hall–Kier alpha value is -1.89. The summed E-state index contributed by atoms with van der Waals surface area (Å²) in [6, 6.07) is 6.99. The van der Waals surface area contributed by atoms with E-state index in [0.717, 1.165) is 19.3 Å². The Kier molecular flexibility index (Phi) is 4.86. The lowest BCUT2D eigenvalue weighted by atomic mass is 9.85. The summed E-state index contributed by atoms with van der Waals surface area (Å²) in [5.74, 6) is 0.831. The summed E-state index contributed by atoms with van der Waals surface area (Å²) in [6.45, 7) is 2.31. The topological polar surface area (TPSA) is 70.1 Å². The Bertz CT molecular complexity index is 804. The maximum absolute atomic E-state index is 12.7. The second kappa shape index (κ2) is 6.78. The van der Waals surface area contributed by atoms with E-state index >= 15 is 0 Å². The quantitative estimate of drug-likeness (QED) is 0.825. The standard InChI is InChI=1S/C18H25N3O3S/c1-13-8-4-6-10-15(13)21(3)17(22)12-20(2)18-14-9-5-7-11-16(14)25(23,24)19-18/h5,7,9,11,13,15H,4,6,8,10,12H2,1-3H3. The third-order valence-corrected chi connectivity index (χ3v) is 6.63. The highest BCUT2D eigenvalue weighted by atomic mass is 32.2. The van der Waals surface area contributed by atoms with Gasteiger partial charge in [0.05, 0.1) is 6.54 Å². The minimum Gasteiger partial charge on any atom is -0.349 e. The van der Waals surface area contributed by atoms with Gasteiger partial charge >= 0.3 is 0 Å². The van der Waals surface area contributed by atoms with Gasteiger partial charge in [-0.25, -0.2) is 0 Å². The van der Waals surface area contributed by atoms with Crippen molar-refractivity contribution in [2.24, 2.45) is 10.3 Å². The number of sulfonamides is 1. The highest BCUT2D eigenvalue weighted by molar-refractivity contribution is 7.90. The van der Waals surface area contributed by atoms with E-state index in [9.17, 15) is 13.2 Å². The van der Waals surface area contributed by atoms with E-state index in [1.807, 2.05) is 11.9 Å². The third kappa shape index (κ3) is 3.42. The summed E-state index contributed by atoms with van der Waals surface area (Å²) in [5, 5.41) is 0. The highest BCUT2D eigenvalue weighted by Crippen LogP contribution is 2.29. The van der Waals surface area contributed by atoms with E-state index in [2.05, 4.69) is 11.3 Å². The van der Waals surface area contributed by atoms with E-state index in [-0.39, 0.29) is 23.4 Å². The van der Waals surface area contributed by atoms with Crippen molar-refractivity contribution in [2.45, 2.75) is 43.5 Å². The largest absolute Gasteiger partial charge is 0.349 e. The van der Waals surface area contributed by atoms with Gasteiger partial charge in [0.25, 0.3) is 10.0 Å². The molecule has 1 aliphatic heterocycles. The van der Waals surface area contributed by atoms with Crippen molar-refractivity contribution in [2.75, 3.05) is 20.6 Å². The van der Waals surface area contributed by atoms with Crippen LogP contribution in [-0.4, -0.2) is 56.6 Å². The van der Waals surface area contributed by atoms with Crippen molar-refractivity contribution in [3.63, 3.8) is 0 Å². The Morgan fingerprint density at radius 2 is 1.88 bits per heavy atom. The molecule has 1 aliphatic carbocycles. The number of benzene rings is 1. The Morgan fingerprint density at radius 1 is 1.20 bits per heavy atom. The van der Waals surface area contributed by atoms with Gasteiger partial charge in [-0.2, -0.15) is 8.42 Å².